The third-order valence-corrected chi connectivity index (χ3v) is 8.19. The van der Waals surface area contributed by atoms with Crippen molar-refractivity contribution >= 4 is 17.4 Å². The predicted octanol–water partition coefficient (Wildman–Crippen LogP) is 3.93. The molecule has 0 saturated heterocycles. The molecule has 2 aliphatic heterocycles. The van der Waals surface area contributed by atoms with E-state index in [-0.39, 0.29) is 6.61 Å². The molecule has 1 atom stereocenters. The molecule has 0 radical (unpaired) electrons. The second-order valence-electron chi connectivity index (χ2n) is 10.9. The lowest BCUT2D eigenvalue weighted by Crippen LogP contribution is -2.32. The van der Waals surface area contributed by atoms with Gasteiger partial charge >= 0.3 is 0 Å². The Bertz CT molecular complexity index is 1400. The second kappa shape index (κ2) is 10.5. The number of anilines is 1. The molecule has 206 valence electrons. The first-order chi connectivity index (χ1) is 18.8. The van der Waals surface area contributed by atoms with Crippen molar-refractivity contribution in [2.45, 2.75) is 45.8 Å². The van der Waals surface area contributed by atoms with Gasteiger partial charge in [-0.15, -0.1) is 0 Å². The van der Waals surface area contributed by atoms with E-state index < -0.39 is 6.10 Å². The van der Waals surface area contributed by atoms with Gasteiger partial charge < -0.3 is 24.6 Å². The molecule has 2 aromatic heterocycles. The molecule has 1 aliphatic carbocycles. The lowest BCUT2D eigenvalue weighted by Gasteiger charge is -2.26. The number of hydrogen-bond acceptors (Lipinski definition) is 9. The SMILES string of the molecule is CNC[C@@H](O)COc1ccc(Cl)c(-c2nc(-c3c(C)noc3C)c(C)c(N3CC4=C(C3)CN(C3CC3)C4)n2)c1. The Balaban J connectivity index is 1.37. The summed E-state index contributed by atoms with van der Waals surface area (Å²) in [6.07, 6.45) is 2.04. The largest absolute Gasteiger partial charge is 0.491 e. The smallest absolute Gasteiger partial charge is 0.163 e. The molecular formula is C29H35ClN6O3. The maximum Gasteiger partial charge on any atom is 0.163 e. The minimum Gasteiger partial charge on any atom is -0.491 e. The third-order valence-electron chi connectivity index (χ3n) is 7.87. The van der Waals surface area contributed by atoms with Crippen LogP contribution in [0, 0.1) is 20.8 Å². The van der Waals surface area contributed by atoms with Crippen molar-refractivity contribution in [3.8, 4) is 28.4 Å². The maximum atomic E-state index is 10.1. The fraction of sp³-hybridized carbons (Fsp3) is 0.483. The van der Waals surface area contributed by atoms with Crippen LogP contribution in [0.1, 0.15) is 29.9 Å². The van der Waals surface area contributed by atoms with E-state index in [2.05, 4.69) is 27.2 Å². The minimum absolute atomic E-state index is 0.162. The zero-order chi connectivity index (χ0) is 27.3. The number of aliphatic hydroxyl groups is 1. The summed E-state index contributed by atoms with van der Waals surface area (Å²) in [5, 5.41) is 17.8. The van der Waals surface area contributed by atoms with E-state index in [4.69, 9.17) is 30.8 Å². The molecule has 9 nitrogen and oxygen atoms in total. The van der Waals surface area contributed by atoms with Gasteiger partial charge in [-0.05, 0) is 70.0 Å². The second-order valence-corrected chi connectivity index (χ2v) is 11.3. The number of benzene rings is 1. The summed E-state index contributed by atoms with van der Waals surface area (Å²) in [7, 11) is 1.79. The van der Waals surface area contributed by atoms with Gasteiger partial charge in [0.05, 0.1) is 22.0 Å². The van der Waals surface area contributed by atoms with Crippen LogP contribution in [0.25, 0.3) is 22.6 Å². The summed E-state index contributed by atoms with van der Waals surface area (Å²) >= 11 is 6.71. The highest BCUT2D eigenvalue weighted by atomic mass is 35.5. The van der Waals surface area contributed by atoms with Crippen molar-refractivity contribution in [1.29, 1.82) is 0 Å². The topological polar surface area (TPSA) is 99.8 Å². The third kappa shape index (κ3) is 5.16. The Morgan fingerprint density at radius 3 is 2.51 bits per heavy atom. The Morgan fingerprint density at radius 1 is 1.13 bits per heavy atom. The molecule has 4 heterocycles. The molecule has 6 rings (SSSR count). The Kier molecular flexibility index (Phi) is 7.09. The molecule has 0 bridgehead atoms. The van der Waals surface area contributed by atoms with E-state index in [0.29, 0.717) is 28.7 Å². The number of hydrogen-bond donors (Lipinski definition) is 2. The van der Waals surface area contributed by atoms with Crippen LogP contribution in [-0.4, -0.2) is 83.7 Å². The summed E-state index contributed by atoms with van der Waals surface area (Å²) < 4.78 is 11.4. The van der Waals surface area contributed by atoms with Crippen molar-refractivity contribution < 1.29 is 14.4 Å². The lowest BCUT2D eigenvalue weighted by atomic mass is 10.0. The van der Waals surface area contributed by atoms with Gasteiger partial charge in [0.1, 0.15) is 30.0 Å². The van der Waals surface area contributed by atoms with Gasteiger partial charge in [0.15, 0.2) is 5.82 Å². The normalized spacial score (nSPS) is 18.3. The highest BCUT2D eigenvalue weighted by molar-refractivity contribution is 6.33. The first-order valence-electron chi connectivity index (χ1n) is 13.6. The van der Waals surface area contributed by atoms with Crippen LogP contribution in [0.5, 0.6) is 5.75 Å². The van der Waals surface area contributed by atoms with Crippen LogP contribution >= 0.6 is 11.6 Å². The van der Waals surface area contributed by atoms with Crippen LogP contribution in [0.4, 0.5) is 5.82 Å². The molecule has 1 fully saturated rings. The molecule has 3 aromatic rings. The maximum absolute atomic E-state index is 10.1. The van der Waals surface area contributed by atoms with Gasteiger partial charge in [0, 0.05) is 49.9 Å². The Morgan fingerprint density at radius 2 is 1.87 bits per heavy atom. The van der Waals surface area contributed by atoms with Crippen molar-refractivity contribution in [1.82, 2.24) is 25.3 Å². The van der Waals surface area contributed by atoms with Crippen molar-refractivity contribution in [3.63, 3.8) is 0 Å². The molecule has 10 heteroatoms. The average Bonchev–Trinajstić information content (AvgIpc) is 3.45. The molecule has 0 spiro atoms. The number of ether oxygens (including phenoxy) is 1. The van der Waals surface area contributed by atoms with Crippen molar-refractivity contribution in [2.24, 2.45) is 0 Å². The van der Waals surface area contributed by atoms with E-state index in [1.54, 1.807) is 19.2 Å². The van der Waals surface area contributed by atoms with Gasteiger partial charge in [-0.2, -0.15) is 0 Å². The van der Waals surface area contributed by atoms with Gasteiger partial charge in [-0.3, -0.25) is 4.90 Å². The fourth-order valence-corrected chi connectivity index (χ4v) is 5.91. The van der Waals surface area contributed by atoms with Crippen LogP contribution in [0.3, 0.4) is 0 Å². The molecule has 0 unspecified atom stereocenters. The molecular weight excluding hydrogens is 516 g/mol. The summed E-state index contributed by atoms with van der Waals surface area (Å²) in [5.41, 5.74) is 7.18. The summed E-state index contributed by atoms with van der Waals surface area (Å²) in [4.78, 5) is 15.1. The number of nitrogens with one attached hydrogen (secondary N) is 1. The van der Waals surface area contributed by atoms with Crippen LogP contribution in [0.15, 0.2) is 33.9 Å². The first-order valence-corrected chi connectivity index (χ1v) is 14.0. The zero-order valence-electron chi connectivity index (χ0n) is 22.9. The molecule has 1 saturated carbocycles. The van der Waals surface area contributed by atoms with Crippen molar-refractivity contribution in [2.75, 3.05) is 51.3 Å². The molecule has 3 aliphatic rings. The fourth-order valence-electron chi connectivity index (χ4n) is 5.71. The Labute approximate surface area is 233 Å². The van der Waals surface area contributed by atoms with Crippen LogP contribution in [-0.2, 0) is 0 Å². The van der Waals surface area contributed by atoms with Gasteiger partial charge in [0.25, 0.3) is 0 Å². The highest BCUT2D eigenvalue weighted by Gasteiger charge is 2.38. The highest BCUT2D eigenvalue weighted by Crippen LogP contribution is 2.40. The summed E-state index contributed by atoms with van der Waals surface area (Å²) in [6.45, 7) is 10.4. The molecule has 1 aromatic carbocycles. The van der Waals surface area contributed by atoms with E-state index >= 15 is 0 Å². The monoisotopic (exact) mass is 550 g/mol. The standard InChI is InChI=1S/C29H35ClN6O3/c1-16-27(26-17(2)34-39-18(26)3)32-28(24-9-23(7-8-25(24)30)38-15-22(37)10-31-4)33-29(16)36-13-19-11-35(21-5-6-21)12-20(19)14-36/h7-9,21-22,31,37H,5-6,10-15H2,1-4H3/t22-/m1/s1. The predicted molar refractivity (Wildman–Crippen MR) is 151 cm³/mol. The number of likely N-dealkylation sites (N-methyl/N-ethyl adjacent to an activating group) is 1. The molecule has 39 heavy (non-hydrogen) atoms. The number of aryl methyl sites for hydroxylation is 2. The molecule has 0 amide bonds. The number of nitrogens with zero attached hydrogens (tertiary/aromatic N) is 5. The molecule has 2 N–H and O–H groups in total. The number of aromatic nitrogens is 3. The van der Waals surface area contributed by atoms with E-state index in [9.17, 15) is 5.11 Å². The van der Waals surface area contributed by atoms with E-state index in [1.807, 2.05) is 19.9 Å². The lowest BCUT2D eigenvalue weighted by molar-refractivity contribution is 0.108. The van der Waals surface area contributed by atoms with Gasteiger partial charge in [-0.25, -0.2) is 9.97 Å². The minimum atomic E-state index is -0.622. The van der Waals surface area contributed by atoms with Crippen molar-refractivity contribution in [3.05, 3.63) is 51.4 Å². The number of aliphatic hydroxyl groups excluding tert-OH is 1. The van der Waals surface area contributed by atoms with Crippen LogP contribution < -0.4 is 15.0 Å². The first kappa shape index (κ1) is 26.3. The van der Waals surface area contributed by atoms with E-state index in [0.717, 1.165) is 66.3 Å². The number of halogens is 1. The van der Waals surface area contributed by atoms with Gasteiger partial charge in [0.2, 0.25) is 0 Å². The van der Waals surface area contributed by atoms with Gasteiger partial charge in [-0.1, -0.05) is 16.8 Å². The average molecular weight is 551 g/mol. The Hall–Kier alpha value is -2.98. The van der Waals surface area contributed by atoms with Crippen LogP contribution in [0.2, 0.25) is 5.02 Å². The summed E-state index contributed by atoms with van der Waals surface area (Å²) in [5.74, 6) is 2.73. The number of rotatable bonds is 9. The summed E-state index contributed by atoms with van der Waals surface area (Å²) in [6, 6.07) is 6.20. The van der Waals surface area contributed by atoms with E-state index in [1.165, 1.54) is 24.0 Å². The quantitative estimate of drug-likeness (QED) is 0.384. The zero-order valence-corrected chi connectivity index (χ0v) is 23.7.